The Morgan fingerprint density at radius 2 is 1.56 bits per heavy atom. The Morgan fingerprint density at radius 1 is 1.00 bits per heavy atom. The van der Waals surface area contributed by atoms with Gasteiger partial charge < -0.3 is 14.8 Å². The highest BCUT2D eigenvalue weighted by Crippen LogP contribution is 2.31. The molecule has 0 heterocycles. The van der Waals surface area contributed by atoms with Gasteiger partial charge in [0.25, 0.3) is 5.91 Å². The summed E-state index contributed by atoms with van der Waals surface area (Å²) in [6, 6.07) is 7.60. The van der Waals surface area contributed by atoms with Crippen LogP contribution in [0.3, 0.4) is 0 Å². The number of hydrogen-bond acceptors (Lipinski definition) is 3. The third-order valence-corrected chi connectivity index (χ3v) is 4.50. The van der Waals surface area contributed by atoms with Crippen LogP contribution in [0.1, 0.15) is 74.1 Å². The molecular weight excluding hydrogens is 338 g/mol. The summed E-state index contributed by atoms with van der Waals surface area (Å²) in [5.74, 6) is 1.52. The van der Waals surface area contributed by atoms with Crippen LogP contribution < -0.4 is 10.1 Å². The van der Waals surface area contributed by atoms with Crippen LogP contribution in [0, 0.1) is 11.8 Å². The van der Waals surface area contributed by atoms with Crippen LogP contribution in [-0.2, 0) is 9.53 Å². The highest BCUT2D eigenvalue weighted by atomic mass is 16.5. The van der Waals surface area contributed by atoms with Crippen molar-refractivity contribution in [3.05, 3.63) is 24.3 Å². The van der Waals surface area contributed by atoms with E-state index in [9.17, 15) is 4.79 Å². The molecule has 1 aromatic rings. The van der Waals surface area contributed by atoms with Crippen LogP contribution in [0.5, 0.6) is 5.75 Å². The first kappa shape index (κ1) is 23.5. The lowest BCUT2D eigenvalue weighted by Gasteiger charge is -2.35. The average Bonchev–Trinajstić information content (AvgIpc) is 2.60. The van der Waals surface area contributed by atoms with E-state index in [1.165, 1.54) is 0 Å². The van der Waals surface area contributed by atoms with E-state index in [-0.39, 0.29) is 12.0 Å². The van der Waals surface area contributed by atoms with Crippen molar-refractivity contribution in [3.63, 3.8) is 0 Å². The molecule has 154 valence electrons. The maximum Gasteiger partial charge on any atom is 0.256 e. The molecule has 1 unspecified atom stereocenters. The Kier molecular flexibility index (Phi) is 9.86. The van der Waals surface area contributed by atoms with E-state index in [1.807, 2.05) is 31.2 Å². The van der Waals surface area contributed by atoms with Crippen molar-refractivity contribution in [1.29, 1.82) is 0 Å². The minimum atomic E-state index is -0.787. The lowest BCUT2D eigenvalue weighted by molar-refractivity contribution is -0.147. The van der Waals surface area contributed by atoms with Crippen LogP contribution in [0.25, 0.3) is 0 Å². The molecule has 0 aliphatic rings. The fourth-order valence-corrected chi connectivity index (χ4v) is 3.25. The number of ether oxygens (including phenoxy) is 2. The molecule has 0 spiro atoms. The fraction of sp³-hybridized carbons (Fsp3) is 0.696. The number of hydrogen-bond donors (Lipinski definition) is 1. The lowest BCUT2D eigenvalue weighted by Crippen LogP contribution is -2.47. The van der Waals surface area contributed by atoms with Gasteiger partial charge in [0.1, 0.15) is 11.4 Å². The molecule has 4 nitrogen and oxygen atoms in total. The minimum Gasteiger partial charge on any atom is -0.491 e. The van der Waals surface area contributed by atoms with Crippen LogP contribution in [0.4, 0.5) is 5.69 Å². The van der Waals surface area contributed by atoms with Crippen molar-refractivity contribution in [1.82, 2.24) is 0 Å². The predicted octanol–water partition coefficient (Wildman–Crippen LogP) is 6.06. The maximum atomic E-state index is 13.3. The molecule has 27 heavy (non-hydrogen) atoms. The van der Waals surface area contributed by atoms with E-state index in [2.05, 4.69) is 46.9 Å². The van der Waals surface area contributed by atoms with Gasteiger partial charge in [-0.3, -0.25) is 4.79 Å². The molecule has 0 saturated heterocycles. The van der Waals surface area contributed by atoms with E-state index in [1.54, 1.807) is 0 Å². The summed E-state index contributed by atoms with van der Waals surface area (Å²) < 4.78 is 12.0. The number of carbonyl (C=O) groups excluding carboxylic acids is 1. The topological polar surface area (TPSA) is 47.6 Å². The van der Waals surface area contributed by atoms with Crippen molar-refractivity contribution in [2.24, 2.45) is 11.8 Å². The van der Waals surface area contributed by atoms with E-state index in [0.29, 0.717) is 31.3 Å². The molecule has 0 aliphatic carbocycles. The van der Waals surface area contributed by atoms with Crippen LogP contribution in [-0.4, -0.2) is 24.2 Å². The van der Waals surface area contributed by atoms with Gasteiger partial charge in [0, 0.05) is 12.3 Å². The number of anilines is 1. The quantitative estimate of drug-likeness (QED) is 0.481. The molecule has 0 bridgehead atoms. The van der Waals surface area contributed by atoms with Gasteiger partial charge >= 0.3 is 0 Å². The number of rotatable bonds is 12. The minimum absolute atomic E-state index is 0.0473. The second kappa shape index (κ2) is 11.3. The Labute approximate surface area is 166 Å². The summed E-state index contributed by atoms with van der Waals surface area (Å²) in [5, 5.41) is 3.08. The van der Waals surface area contributed by atoms with E-state index < -0.39 is 5.60 Å². The fourth-order valence-electron chi connectivity index (χ4n) is 3.25. The molecule has 0 saturated carbocycles. The van der Waals surface area contributed by atoms with Gasteiger partial charge in [0.2, 0.25) is 0 Å². The summed E-state index contributed by atoms with van der Waals surface area (Å²) in [4.78, 5) is 13.3. The standard InChI is InChI=1S/C23H39NO3/c1-8-14-26-23(15-17(3)4,16-18(5)6)22(25)24-20-10-12-21(13-11-20)27-19(7)9-2/h10-13,17-19H,8-9,14-16H2,1-7H3,(H,24,25). The van der Waals surface area contributed by atoms with Gasteiger partial charge in [0.05, 0.1) is 6.10 Å². The molecule has 0 radical (unpaired) electrons. The first-order chi connectivity index (χ1) is 12.7. The molecular formula is C23H39NO3. The summed E-state index contributed by atoms with van der Waals surface area (Å²) in [6.45, 7) is 15.4. The summed E-state index contributed by atoms with van der Waals surface area (Å²) in [5.41, 5.74) is -0.0157. The van der Waals surface area contributed by atoms with Crippen LogP contribution >= 0.6 is 0 Å². The van der Waals surface area contributed by atoms with Gasteiger partial charge in [0.15, 0.2) is 0 Å². The van der Waals surface area contributed by atoms with Crippen molar-refractivity contribution in [3.8, 4) is 5.75 Å². The molecule has 1 N–H and O–H groups in total. The van der Waals surface area contributed by atoms with Gasteiger partial charge in [-0.05, 0) is 68.7 Å². The van der Waals surface area contributed by atoms with E-state index in [4.69, 9.17) is 9.47 Å². The third kappa shape index (κ3) is 7.92. The van der Waals surface area contributed by atoms with E-state index in [0.717, 1.165) is 24.3 Å². The third-order valence-electron chi connectivity index (χ3n) is 4.50. The molecule has 1 atom stereocenters. The molecule has 1 aromatic carbocycles. The molecule has 0 aliphatic heterocycles. The van der Waals surface area contributed by atoms with Crippen LogP contribution in [0.2, 0.25) is 0 Å². The Balaban J connectivity index is 2.96. The Morgan fingerprint density at radius 3 is 2.00 bits per heavy atom. The lowest BCUT2D eigenvalue weighted by atomic mass is 9.83. The summed E-state index contributed by atoms with van der Waals surface area (Å²) in [6.07, 6.45) is 3.46. The second-order valence-corrected chi connectivity index (χ2v) is 8.35. The number of amides is 1. The van der Waals surface area contributed by atoms with Gasteiger partial charge in [-0.15, -0.1) is 0 Å². The highest BCUT2D eigenvalue weighted by Gasteiger charge is 2.40. The largest absolute Gasteiger partial charge is 0.491 e. The van der Waals surface area contributed by atoms with Crippen molar-refractivity contribution < 1.29 is 14.3 Å². The molecule has 0 aromatic heterocycles. The van der Waals surface area contributed by atoms with Crippen molar-refractivity contribution in [2.45, 2.75) is 85.9 Å². The molecule has 1 amide bonds. The molecule has 0 fully saturated rings. The Hall–Kier alpha value is -1.55. The SMILES string of the molecule is CCCOC(CC(C)C)(CC(C)C)C(=O)Nc1ccc(OC(C)CC)cc1. The molecule has 1 rings (SSSR count). The zero-order chi connectivity index (χ0) is 20.4. The maximum absolute atomic E-state index is 13.3. The number of carbonyl (C=O) groups is 1. The normalized spacial score (nSPS) is 13.1. The summed E-state index contributed by atoms with van der Waals surface area (Å²) >= 11 is 0. The van der Waals surface area contributed by atoms with Crippen molar-refractivity contribution in [2.75, 3.05) is 11.9 Å². The predicted molar refractivity (Wildman–Crippen MR) is 113 cm³/mol. The monoisotopic (exact) mass is 377 g/mol. The molecule has 4 heteroatoms. The van der Waals surface area contributed by atoms with Crippen LogP contribution in [0.15, 0.2) is 24.3 Å². The first-order valence-electron chi connectivity index (χ1n) is 10.4. The van der Waals surface area contributed by atoms with Gasteiger partial charge in [-0.2, -0.15) is 0 Å². The number of benzene rings is 1. The highest BCUT2D eigenvalue weighted by molar-refractivity contribution is 5.97. The second-order valence-electron chi connectivity index (χ2n) is 8.35. The zero-order valence-electron chi connectivity index (χ0n) is 18.3. The van der Waals surface area contributed by atoms with E-state index >= 15 is 0 Å². The van der Waals surface area contributed by atoms with Crippen molar-refractivity contribution >= 4 is 11.6 Å². The van der Waals surface area contributed by atoms with Gasteiger partial charge in [-0.25, -0.2) is 0 Å². The Bertz CT molecular complexity index is 541. The summed E-state index contributed by atoms with van der Waals surface area (Å²) in [7, 11) is 0. The smallest absolute Gasteiger partial charge is 0.256 e. The number of nitrogens with one attached hydrogen (secondary N) is 1. The first-order valence-corrected chi connectivity index (χ1v) is 10.4. The average molecular weight is 378 g/mol. The zero-order valence-corrected chi connectivity index (χ0v) is 18.3. The van der Waals surface area contributed by atoms with Gasteiger partial charge in [-0.1, -0.05) is 41.5 Å².